The third-order valence-electron chi connectivity index (χ3n) is 2.67. The second-order valence-electron chi connectivity index (χ2n) is 4.30. The van der Waals surface area contributed by atoms with Gasteiger partial charge in [-0.2, -0.15) is 0 Å². The number of hydrogen-bond acceptors (Lipinski definition) is 3. The Morgan fingerprint density at radius 2 is 2.22 bits per heavy atom. The van der Waals surface area contributed by atoms with Gasteiger partial charge in [-0.25, -0.2) is 4.98 Å². The van der Waals surface area contributed by atoms with E-state index in [1.54, 1.807) is 0 Å². The van der Waals surface area contributed by atoms with Crippen LogP contribution in [0, 0.1) is 13.8 Å². The average molecular weight is 248 g/mol. The van der Waals surface area contributed by atoms with Crippen LogP contribution in [-0.4, -0.2) is 27.7 Å². The molecule has 0 unspecified atom stereocenters. The summed E-state index contributed by atoms with van der Waals surface area (Å²) >= 11 is 0. The number of nitrogens with one attached hydrogen (secondary N) is 1. The number of nitrogens with zero attached hydrogens (tertiary/aromatic N) is 1. The molecule has 2 rings (SSSR count). The molecule has 0 spiro atoms. The van der Waals surface area contributed by atoms with Crippen molar-refractivity contribution in [2.75, 3.05) is 6.61 Å². The summed E-state index contributed by atoms with van der Waals surface area (Å²) in [4.78, 5) is 17.9. The van der Waals surface area contributed by atoms with E-state index < -0.39 is 5.97 Å². The molecule has 0 bridgehead atoms. The molecule has 0 saturated carbocycles. The van der Waals surface area contributed by atoms with E-state index >= 15 is 0 Å². The molecule has 0 aliphatic heterocycles. The number of aromatic nitrogens is 2. The summed E-state index contributed by atoms with van der Waals surface area (Å²) in [6, 6.07) is 3.81. The van der Waals surface area contributed by atoms with Crippen LogP contribution in [0.1, 0.15) is 24.2 Å². The average Bonchev–Trinajstić information content (AvgIpc) is 2.65. The number of hydrogen-bond donors (Lipinski definition) is 2. The molecular formula is C13H16N2O3. The number of benzene rings is 1. The molecule has 0 aliphatic rings. The fourth-order valence-electron chi connectivity index (χ4n) is 1.88. The van der Waals surface area contributed by atoms with E-state index in [-0.39, 0.29) is 6.42 Å². The van der Waals surface area contributed by atoms with E-state index in [0.29, 0.717) is 13.0 Å². The lowest BCUT2D eigenvalue weighted by molar-refractivity contribution is -0.137. The van der Waals surface area contributed by atoms with Crippen LogP contribution in [0.5, 0.6) is 5.75 Å². The molecule has 96 valence electrons. The number of aryl methyl sites for hydroxylation is 2. The Labute approximate surface area is 105 Å². The van der Waals surface area contributed by atoms with Gasteiger partial charge in [0.2, 0.25) is 0 Å². The van der Waals surface area contributed by atoms with Crippen LogP contribution in [0.25, 0.3) is 11.0 Å². The predicted molar refractivity (Wildman–Crippen MR) is 67.9 cm³/mol. The monoisotopic (exact) mass is 248 g/mol. The molecule has 5 heteroatoms. The first-order valence-electron chi connectivity index (χ1n) is 5.88. The van der Waals surface area contributed by atoms with Crippen LogP contribution in [0.3, 0.4) is 0 Å². The van der Waals surface area contributed by atoms with Gasteiger partial charge in [0, 0.05) is 12.5 Å². The summed E-state index contributed by atoms with van der Waals surface area (Å²) in [5, 5.41) is 8.53. The van der Waals surface area contributed by atoms with Crippen LogP contribution in [0.4, 0.5) is 0 Å². The van der Waals surface area contributed by atoms with Crippen molar-refractivity contribution < 1.29 is 14.6 Å². The highest BCUT2D eigenvalue weighted by Gasteiger charge is 2.06. The van der Waals surface area contributed by atoms with Crippen LogP contribution < -0.4 is 4.74 Å². The third-order valence-corrected chi connectivity index (χ3v) is 2.67. The lowest BCUT2D eigenvalue weighted by Crippen LogP contribution is -2.02. The topological polar surface area (TPSA) is 75.2 Å². The van der Waals surface area contributed by atoms with Crippen molar-refractivity contribution in [2.45, 2.75) is 26.7 Å². The van der Waals surface area contributed by atoms with Crippen LogP contribution in [-0.2, 0) is 4.79 Å². The highest BCUT2D eigenvalue weighted by Crippen LogP contribution is 2.23. The minimum atomic E-state index is -0.797. The fourth-order valence-corrected chi connectivity index (χ4v) is 1.88. The number of imidazole rings is 1. The zero-order valence-corrected chi connectivity index (χ0v) is 10.5. The Bertz CT molecular complexity index is 575. The van der Waals surface area contributed by atoms with Crippen molar-refractivity contribution in [3.63, 3.8) is 0 Å². The van der Waals surface area contributed by atoms with E-state index in [1.807, 2.05) is 26.0 Å². The molecule has 0 fully saturated rings. The molecule has 18 heavy (non-hydrogen) atoms. The second-order valence-corrected chi connectivity index (χ2v) is 4.30. The number of carboxylic acids is 1. The Hall–Kier alpha value is -2.04. The lowest BCUT2D eigenvalue weighted by Gasteiger charge is -2.06. The summed E-state index contributed by atoms with van der Waals surface area (Å²) in [6.07, 6.45) is 0.638. The minimum absolute atomic E-state index is 0.129. The highest BCUT2D eigenvalue weighted by atomic mass is 16.5. The number of aliphatic carboxylic acids is 1. The van der Waals surface area contributed by atoms with Crippen molar-refractivity contribution in [2.24, 2.45) is 0 Å². The Morgan fingerprint density at radius 3 is 2.94 bits per heavy atom. The summed E-state index contributed by atoms with van der Waals surface area (Å²) in [5.41, 5.74) is 2.94. The smallest absolute Gasteiger partial charge is 0.303 e. The van der Waals surface area contributed by atoms with Crippen molar-refractivity contribution in [1.82, 2.24) is 9.97 Å². The molecule has 2 N–H and O–H groups in total. The van der Waals surface area contributed by atoms with Crippen LogP contribution >= 0.6 is 0 Å². The molecule has 0 saturated heterocycles. The number of rotatable bonds is 5. The van der Waals surface area contributed by atoms with Crippen molar-refractivity contribution in [1.29, 1.82) is 0 Å². The van der Waals surface area contributed by atoms with Gasteiger partial charge in [-0.05, 0) is 31.9 Å². The maximum absolute atomic E-state index is 10.4. The normalized spacial score (nSPS) is 10.8. The molecule has 1 aromatic carbocycles. The van der Waals surface area contributed by atoms with E-state index in [2.05, 4.69) is 9.97 Å². The van der Waals surface area contributed by atoms with Gasteiger partial charge >= 0.3 is 5.97 Å². The van der Waals surface area contributed by atoms with Gasteiger partial charge in [-0.15, -0.1) is 0 Å². The summed E-state index contributed by atoms with van der Waals surface area (Å²) in [5.74, 6) is 0.819. The van der Waals surface area contributed by atoms with E-state index in [0.717, 1.165) is 28.2 Å². The molecule has 0 atom stereocenters. The van der Waals surface area contributed by atoms with E-state index in [1.165, 1.54) is 0 Å². The first-order chi connectivity index (χ1) is 8.56. The molecule has 0 radical (unpaired) electrons. The summed E-state index contributed by atoms with van der Waals surface area (Å²) in [7, 11) is 0. The van der Waals surface area contributed by atoms with E-state index in [4.69, 9.17) is 9.84 Å². The summed E-state index contributed by atoms with van der Waals surface area (Å²) < 4.78 is 5.54. The first-order valence-corrected chi connectivity index (χ1v) is 5.88. The molecule has 5 nitrogen and oxygen atoms in total. The summed E-state index contributed by atoms with van der Waals surface area (Å²) in [6.45, 7) is 4.30. The largest absolute Gasteiger partial charge is 0.493 e. The van der Waals surface area contributed by atoms with Crippen molar-refractivity contribution in [3.05, 3.63) is 23.5 Å². The number of aromatic amines is 1. The standard InChI is InChI=1S/C13H16N2O3/c1-8-6-10(18-5-3-4-12(16)17)7-11-13(8)15-9(2)14-11/h6-7H,3-5H2,1-2H3,(H,14,15)(H,16,17). The molecule has 1 aromatic heterocycles. The van der Waals surface area contributed by atoms with Crippen LogP contribution in [0.2, 0.25) is 0 Å². The lowest BCUT2D eigenvalue weighted by atomic mass is 10.2. The number of H-pyrrole nitrogens is 1. The maximum atomic E-state index is 10.4. The zero-order chi connectivity index (χ0) is 13.1. The van der Waals surface area contributed by atoms with Crippen molar-refractivity contribution in [3.8, 4) is 5.75 Å². The molecule has 0 aliphatic carbocycles. The van der Waals surface area contributed by atoms with Gasteiger partial charge in [0.15, 0.2) is 0 Å². The fraction of sp³-hybridized carbons (Fsp3) is 0.385. The molecule has 1 heterocycles. The molecule has 2 aromatic rings. The van der Waals surface area contributed by atoms with Gasteiger partial charge in [-0.1, -0.05) is 0 Å². The van der Waals surface area contributed by atoms with Gasteiger partial charge in [-0.3, -0.25) is 4.79 Å². The van der Waals surface area contributed by atoms with Gasteiger partial charge in [0.25, 0.3) is 0 Å². The number of fused-ring (bicyclic) bond motifs is 1. The number of carbonyl (C=O) groups is 1. The first kappa shape index (κ1) is 12.4. The van der Waals surface area contributed by atoms with Crippen LogP contribution in [0.15, 0.2) is 12.1 Å². The SMILES string of the molecule is Cc1nc2c(C)cc(OCCCC(=O)O)cc2[nH]1. The Morgan fingerprint density at radius 1 is 1.44 bits per heavy atom. The Balaban J connectivity index is 2.07. The minimum Gasteiger partial charge on any atom is -0.493 e. The predicted octanol–water partition coefficient (Wildman–Crippen LogP) is 2.42. The molecule has 0 amide bonds. The Kier molecular flexibility index (Phi) is 3.50. The second kappa shape index (κ2) is 5.08. The van der Waals surface area contributed by atoms with E-state index in [9.17, 15) is 4.79 Å². The quantitative estimate of drug-likeness (QED) is 0.797. The number of carboxylic acid groups (broad SMARTS) is 1. The van der Waals surface area contributed by atoms with Gasteiger partial charge in [0.05, 0.1) is 17.6 Å². The maximum Gasteiger partial charge on any atom is 0.303 e. The van der Waals surface area contributed by atoms with Gasteiger partial charge in [0.1, 0.15) is 11.6 Å². The highest BCUT2D eigenvalue weighted by molar-refractivity contribution is 5.80. The third kappa shape index (κ3) is 2.80. The van der Waals surface area contributed by atoms with Gasteiger partial charge < -0.3 is 14.8 Å². The number of ether oxygens (including phenoxy) is 1. The molecular weight excluding hydrogens is 232 g/mol. The van der Waals surface area contributed by atoms with Crippen molar-refractivity contribution >= 4 is 17.0 Å². The zero-order valence-electron chi connectivity index (χ0n) is 10.5.